The van der Waals surface area contributed by atoms with Crippen LogP contribution in [0.25, 0.3) is 12.2 Å². The minimum absolute atomic E-state index is 0.715. The van der Waals surface area contributed by atoms with Crippen LogP contribution < -0.4 is 0 Å². The summed E-state index contributed by atoms with van der Waals surface area (Å²) < 4.78 is 25.9. The maximum absolute atomic E-state index is 9.19. The molecule has 0 bridgehead atoms. The molecule has 1 aliphatic heterocycles. The molecular weight excluding hydrogens is 234 g/mol. The van der Waals surface area contributed by atoms with Crippen LogP contribution in [0.1, 0.15) is 11.1 Å². The zero-order valence-electron chi connectivity index (χ0n) is 8.04. The highest BCUT2D eigenvalue weighted by atomic mass is 32.2. The number of nitrogens with one attached hydrogen (secondary N) is 1. The molecule has 2 rings (SSSR count). The van der Waals surface area contributed by atoms with Gasteiger partial charge in [-0.25, -0.2) is 0 Å². The summed E-state index contributed by atoms with van der Waals surface area (Å²) in [6.45, 7) is 0. The summed E-state index contributed by atoms with van der Waals surface area (Å²) in [6.07, 6.45) is 8.93. The summed E-state index contributed by atoms with van der Waals surface area (Å²) in [5.74, 6) is 0. The normalized spacial score (nSPS) is 13.7. The Kier molecular flexibility index (Phi) is 4.19. The molecule has 0 spiro atoms. The lowest BCUT2D eigenvalue weighted by atomic mass is 10.2. The second-order valence-corrected chi connectivity index (χ2v) is 5.12. The van der Waals surface area contributed by atoms with E-state index in [0.717, 1.165) is 0 Å². The molecule has 2 N–H and O–H groups in total. The monoisotopic (exact) mass is 245 g/mol. The number of aromatic amines is 1. The third-order valence-corrected chi connectivity index (χ3v) is 2.05. The molecule has 0 atom stereocenters. The first-order chi connectivity index (χ1) is 6.97. The van der Waals surface area contributed by atoms with Crippen molar-refractivity contribution in [2.24, 2.45) is 0 Å². The van der Waals surface area contributed by atoms with Gasteiger partial charge in [0, 0.05) is 12.4 Å². The quantitative estimate of drug-likeness (QED) is 0.687. The number of hydrogen-bond donors (Lipinski definition) is 2. The van der Waals surface area contributed by atoms with Crippen molar-refractivity contribution < 1.29 is 13.0 Å². The second-order valence-electron chi connectivity index (χ2n) is 2.84. The minimum atomic E-state index is -3.67. The average molecular weight is 245 g/mol. The molecular formula is C9H11NO3S2. The van der Waals surface area contributed by atoms with E-state index in [1.807, 2.05) is 12.4 Å². The van der Waals surface area contributed by atoms with E-state index in [4.69, 9.17) is 4.55 Å². The van der Waals surface area contributed by atoms with Crippen molar-refractivity contribution in [3.63, 3.8) is 0 Å². The minimum Gasteiger partial charge on any atom is -0.366 e. The van der Waals surface area contributed by atoms with Crippen LogP contribution in [-0.4, -0.2) is 24.2 Å². The lowest BCUT2D eigenvalue weighted by molar-refractivity contribution is 0.490. The van der Waals surface area contributed by atoms with Crippen molar-refractivity contribution in [1.29, 1.82) is 0 Å². The molecule has 2 heterocycles. The van der Waals surface area contributed by atoms with Gasteiger partial charge in [0.1, 0.15) is 0 Å². The van der Waals surface area contributed by atoms with E-state index in [9.17, 15) is 8.42 Å². The van der Waals surface area contributed by atoms with Gasteiger partial charge in [-0.3, -0.25) is 4.55 Å². The van der Waals surface area contributed by atoms with Gasteiger partial charge in [0.05, 0.1) is 6.26 Å². The smallest absolute Gasteiger partial charge is 0.261 e. The lowest BCUT2D eigenvalue weighted by Gasteiger charge is -1.84. The van der Waals surface area contributed by atoms with Gasteiger partial charge in [-0.05, 0) is 34.1 Å². The van der Waals surface area contributed by atoms with Crippen LogP contribution in [-0.2, 0) is 10.1 Å². The Morgan fingerprint density at radius 3 is 2.00 bits per heavy atom. The molecule has 0 radical (unpaired) electrons. The van der Waals surface area contributed by atoms with Crippen LogP contribution in [0.5, 0.6) is 0 Å². The fourth-order valence-electron chi connectivity index (χ4n) is 0.947. The number of H-pyrrole nitrogens is 1. The molecule has 0 saturated carbocycles. The lowest BCUT2D eigenvalue weighted by Crippen LogP contribution is -1.88. The van der Waals surface area contributed by atoms with Crippen LogP contribution in [0.4, 0.5) is 0 Å². The van der Waals surface area contributed by atoms with Gasteiger partial charge < -0.3 is 4.98 Å². The van der Waals surface area contributed by atoms with Crippen molar-refractivity contribution in [2.75, 3.05) is 6.26 Å². The fourth-order valence-corrected chi connectivity index (χ4v) is 1.49. The Hall–Kier alpha value is -0.980. The zero-order chi connectivity index (χ0) is 11.3. The van der Waals surface area contributed by atoms with E-state index in [1.54, 1.807) is 11.8 Å². The number of hydrogen-bond acceptors (Lipinski definition) is 3. The molecule has 0 unspecified atom stereocenters. The van der Waals surface area contributed by atoms with Crippen LogP contribution in [0, 0.1) is 0 Å². The van der Waals surface area contributed by atoms with Crippen molar-refractivity contribution in [2.45, 2.75) is 0 Å². The third kappa shape index (κ3) is 5.46. The van der Waals surface area contributed by atoms with Crippen LogP contribution >= 0.6 is 11.8 Å². The highest BCUT2D eigenvalue weighted by Crippen LogP contribution is 2.20. The van der Waals surface area contributed by atoms with Crippen molar-refractivity contribution in [1.82, 2.24) is 4.98 Å². The first-order valence-electron chi connectivity index (χ1n) is 4.04. The molecule has 0 fully saturated rings. The molecule has 1 aliphatic rings. The SMILES string of the molecule is C1=Cc2c[nH]cc2C=CS1.CS(=O)(=O)O. The average Bonchev–Trinajstić information content (AvgIpc) is 2.40. The summed E-state index contributed by atoms with van der Waals surface area (Å²) in [4.78, 5) is 3.06. The van der Waals surface area contributed by atoms with E-state index in [0.29, 0.717) is 6.26 Å². The van der Waals surface area contributed by atoms with Crippen LogP contribution in [0.15, 0.2) is 23.2 Å². The molecule has 6 heteroatoms. The molecule has 0 saturated heterocycles. The van der Waals surface area contributed by atoms with Crippen molar-refractivity contribution in [3.8, 4) is 0 Å². The fraction of sp³-hybridized carbons (Fsp3) is 0.111. The number of rotatable bonds is 0. The number of aromatic nitrogens is 1. The Balaban J connectivity index is 0.000000195. The van der Waals surface area contributed by atoms with Crippen LogP contribution in [0.2, 0.25) is 0 Å². The Labute approximate surface area is 92.8 Å². The van der Waals surface area contributed by atoms with E-state index in [-0.39, 0.29) is 0 Å². The second kappa shape index (κ2) is 5.20. The summed E-state index contributed by atoms with van der Waals surface area (Å²) >= 11 is 1.70. The van der Waals surface area contributed by atoms with E-state index in [1.165, 1.54) is 11.1 Å². The first-order valence-corrected chi connectivity index (χ1v) is 6.84. The molecule has 0 aromatic carbocycles. The van der Waals surface area contributed by atoms with Gasteiger partial charge >= 0.3 is 0 Å². The van der Waals surface area contributed by atoms with Crippen LogP contribution in [0.3, 0.4) is 0 Å². The molecule has 0 amide bonds. The molecule has 1 aromatic rings. The number of fused-ring (bicyclic) bond motifs is 1. The topological polar surface area (TPSA) is 70.2 Å². The maximum Gasteiger partial charge on any atom is 0.261 e. The van der Waals surface area contributed by atoms with Gasteiger partial charge in [-0.1, -0.05) is 0 Å². The predicted octanol–water partition coefficient (Wildman–Crippen LogP) is 2.21. The van der Waals surface area contributed by atoms with Gasteiger partial charge in [-0.2, -0.15) is 8.42 Å². The summed E-state index contributed by atoms with van der Waals surface area (Å²) in [6, 6.07) is 0. The highest BCUT2D eigenvalue weighted by molar-refractivity contribution is 8.05. The van der Waals surface area contributed by atoms with E-state index in [2.05, 4.69) is 28.0 Å². The van der Waals surface area contributed by atoms with Gasteiger partial charge in [-0.15, -0.1) is 11.8 Å². The van der Waals surface area contributed by atoms with Gasteiger partial charge in [0.15, 0.2) is 0 Å². The summed E-state index contributed by atoms with van der Waals surface area (Å²) in [7, 11) is -3.67. The first kappa shape index (κ1) is 12.1. The molecule has 1 aromatic heterocycles. The van der Waals surface area contributed by atoms with E-state index < -0.39 is 10.1 Å². The summed E-state index contributed by atoms with van der Waals surface area (Å²) in [5.41, 5.74) is 2.53. The maximum atomic E-state index is 9.19. The Bertz CT molecular complexity index is 437. The van der Waals surface area contributed by atoms with Gasteiger partial charge in [0.2, 0.25) is 0 Å². The standard InChI is InChI=1S/C8H7NS.CH4O3S/c1-3-10-4-2-8-6-9-5-7(1)8;1-5(2,3)4/h1-6,9H;1H3,(H,2,3,4). The highest BCUT2D eigenvalue weighted by Gasteiger charge is 1.97. The van der Waals surface area contributed by atoms with Crippen molar-refractivity contribution in [3.05, 3.63) is 34.3 Å². The molecule has 82 valence electrons. The number of thioether (sulfide) groups is 1. The third-order valence-electron chi connectivity index (χ3n) is 1.46. The van der Waals surface area contributed by atoms with Crippen molar-refractivity contribution >= 4 is 34.0 Å². The molecule has 15 heavy (non-hydrogen) atoms. The van der Waals surface area contributed by atoms with Gasteiger partial charge in [0.25, 0.3) is 10.1 Å². The largest absolute Gasteiger partial charge is 0.366 e. The molecule has 0 aliphatic carbocycles. The predicted molar refractivity (Wildman–Crippen MR) is 63.9 cm³/mol. The summed E-state index contributed by atoms with van der Waals surface area (Å²) in [5, 5.41) is 4.16. The Morgan fingerprint density at radius 2 is 1.60 bits per heavy atom. The van der Waals surface area contributed by atoms with E-state index >= 15 is 0 Å². The zero-order valence-corrected chi connectivity index (χ0v) is 9.68. The Morgan fingerprint density at radius 1 is 1.20 bits per heavy atom. The molecule has 4 nitrogen and oxygen atoms in total.